The Bertz CT molecular complexity index is 348. The van der Waals surface area contributed by atoms with Crippen LogP contribution < -0.4 is 10.5 Å². The van der Waals surface area contributed by atoms with Crippen molar-refractivity contribution in [2.24, 2.45) is 5.73 Å². The van der Waals surface area contributed by atoms with Crippen LogP contribution in [-0.4, -0.2) is 12.6 Å². The van der Waals surface area contributed by atoms with Crippen molar-refractivity contribution in [3.63, 3.8) is 0 Å². The third-order valence-electron chi connectivity index (χ3n) is 3.18. The van der Waals surface area contributed by atoms with Crippen LogP contribution in [-0.2, 0) is 6.42 Å². The molecule has 0 heterocycles. The Hall–Kier alpha value is -1.09. The molecule has 0 aliphatic rings. The summed E-state index contributed by atoms with van der Waals surface area (Å²) in [5.41, 5.74) is 6.88. The molecule has 0 aliphatic carbocycles. The highest BCUT2D eigenvalue weighted by Gasteiger charge is 2.21. The lowest BCUT2D eigenvalue weighted by Gasteiger charge is -2.26. The van der Waals surface area contributed by atoms with Gasteiger partial charge in [0.05, 0.1) is 7.11 Å². The highest BCUT2D eigenvalue weighted by molar-refractivity contribution is 5.30. The zero-order valence-electron chi connectivity index (χ0n) is 10.2. The van der Waals surface area contributed by atoms with E-state index in [4.69, 9.17) is 10.5 Å². The summed E-state index contributed by atoms with van der Waals surface area (Å²) in [5.74, 6) is -0.0473. The number of rotatable bonds is 5. The number of methoxy groups -OCH3 is 1. The molecule has 16 heavy (non-hydrogen) atoms. The Morgan fingerprint density at radius 2 is 1.94 bits per heavy atom. The maximum Gasteiger partial charge on any atom is 0.165 e. The lowest BCUT2D eigenvalue weighted by molar-refractivity contribution is 0.380. The van der Waals surface area contributed by atoms with Crippen LogP contribution in [0, 0.1) is 5.82 Å². The van der Waals surface area contributed by atoms with E-state index in [2.05, 4.69) is 13.8 Å². The molecule has 0 fully saturated rings. The third kappa shape index (κ3) is 2.95. The van der Waals surface area contributed by atoms with Crippen molar-refractivity contribution < 1.29 is 9.13 Å². The SMILES string of the molecule is CCC(N)(CC)Cc1ccc(OC)c(F)c1. The van der Waals surface area contributed by atoms with E-state index in [-0.39, 0.29) is 17.1 Å². The van der Waals surface area contributed by atoms with Crippen LogP contribution in [0.15, 0.2) is 18.2 Å². The predicted molar refractivity (Wildman–Crippen MR) is 64.2 cm³/mol. The Labute approximate surface area is 96.6 Å². The maximum absolute atomic E-state index is 13.5. The van der Waals surface area contributed by atoms with Gasteiger partial charge in [-0.05, 0) is 37.0 Å². The van der Waals surface area contributed by atoms with E-state index < -0.39 is 0 Å². The van der Waals surface area contributed by atoms with Gasteiger partial charge in [0.2, 0.25) is 0 Å². The van der Waals surface area contributed by atoms with Gasteiger partial charge in [-0.3, -0.25) is 0 Å². The van der Waals surface area contributed by atoms with E-state index in [0.717, 1.165) is 18.4 Å². The van der Waals surface area contributed by atoms with Crippen molar-refractivity contribution in [1.82, 2.24) is 0 Å². The fraction of sp³-hybridized carbons (Fsp3) is 0.538. The number of halogens is 1. The summed E-state index contributed by atoms with van der Waals surface area (Å²) < 4.78 is 18.3. The van der Waals surface area contributed by atoms with Gasteiger partial charge in [-0.15, -0.1) is 0 Å². The molecule has 0 radical (unpaired) electrons. The molecule has 1 rings (SSSR count). The standard InChI is InChI=1S/C13H20FNO/c1-4-13(15,5-2)9-10-6-7-12(16-3)11(14)8-10/h6-8H,4-5,9,15H2,1-3H3. The monoisotopic (exact) mass is 225 g/mol. The molecule has 0 aromatic heterocycles. The fourth-order valence-corrected chi connectivity index (χ4v) is 1.73. The van der Waals surface area contributed by atoms with Gasteiger partial charge in [0.25, 0.3) is 0 Å². The molecule has 0 spiro atoms. The second-order valence-electron chi connectivity index (χ2n) is 4.22. The molecule has 0 saturated heterocycles. The largest absolute Gasteiger partial charge is 0.494 e. The minimum atomic E-state index is -0.324. The van der Waals surface area contributed by atoms with Gasteiger partial charge in [-0.1, -0.05) is 19.9 Å². The topological polar surface area (TPSA) is 35.2 Å². The van der Waals surface area contributed by atoms with Gasteiger partial charge < -0.3 is 10.5 Å². The summed E-state index contributed by atoms with van der Waals surface area (Å²) in [4.78, 5) is 0. The summed E-state index contributed by atoms with van der Waals surface area (Å²) in [5, 5.41) is 0. The second kappa shape index (κ2) is 5.30. The molecule has 0 bridgehead atoms. The number of hydrogen-bond acceptors (Lipinski definition) is 2. The van der Waals surface area contributed by atoms with Crippen LogP contribution in [0.25, 0.3) is 0 Å². The Balaban J connectivity index is 2.86. The Morgan fingerprint density at radius 3 is 2.38 bits per heavy atom. The van der Waals surface area contributed by atoms with Crippen molar-refractivity contribution in [2.75, 3.05) is 7.11 Å². The lowest BCUT2D eigenvalue weighted by atomic mass is 9.87. The summed E-state index contributed by atoms with van der Waals surface area (Å²) in [6, 6.07) is 5.02. The number of nitrogens with two attached hydrogens (primary N) is 1. The molecule has 0 aliphatic heterocycles. The molecule has 0 unspecified atom stereocenters. The first-order valence-corrected chi connectivity index (χ1v) is 5.66. The second-order valence-corrected chi connectivity index (χ2v) is 4.22. The van der Waals surface area contributed by atoms with Gasteiger partial charge in [0.1, 0.15) is 0 Å². The average Bonchev–Trinajstić information content (AvgIpc) is 2.29. The van der Waals surface area contributed by atoms with E-state index in [9.17, 15) is 4.39 Å². The lowest BCUT2D eigenvalue weighted by Crippen LogP contribution is -2.40. The summed E-state index contributed by atoms with van der Waals surface area (Å²) >= 11 is 0. The number of hydrogen-bond donors (Lipinski definition) is 1. The molecule has 1 aromatic carbocycles. The van der Waals surface area contributed by atoms with Crippen molar-refractivity contribution in [3.05, 3.63) is 29.6 Å². The fourth-order valence-electron chi connectivity index (χ4n) is 1.73. The minimum Gasteiger partial charge on any atom is -0.494 e. The third-order valence-corrected chi connectivity index (χ3v) is 3.18. The van der Waals surface area contributed by atoms with Crippen molar-refractivity contribution in [3.8, 4) is 5.75 Å². The summed E-state index contributed by atoms with van der Waals surface area (Å²) in [6.07, 6.45) is 2.47. The van der Waals surface area contributed by atoms with Crippen LogP contribution in [0.4, 0.5) is 4.39 Å². The predicted octanol–water partition coefficient (Wildman–Crippen LogP) is 2.89. The van der Waals surface area contributed by atoms with Crippen LogP contribution in [0.2, 0.25) is 0 Å². The van der Waals surface area contributed by atoms with Gasteiger partial charge in [-0.2, -0.15) is 0 Å². The highest BCUT2D eigenvalue weighted by atomic mass is 19.1. The minimum absolute atomic E-state index is 0.235. The van der Waals surface area contributed by atoms with Gasteiger partial charge >= 0.3 is 0 Å². The van der Waals surface area contributed by atoms with Crippen LogP contribution in [0.3, 0.4) is 0 Å². The van der Waals surface area contributed by atoms with Crippen molar-refractivity contribution >= 4 is 0 Å². The van der Waals surface area contributed by atoms with E-state index in [1.807, 2.05) is 6.07 Å². The van der Waals surface area contributed by atoms with Crippen molar-refractivity contribution in [1.29, 1.82) is 0 Å². The first kappa shape index (κ1) is 13.0. The Kier molecular flexibility index (Phi) is 4.30. The summed E-state index contributed by atoms with van der Waals surface area (Å²) in [7, 11) is 1.46. The van der Waals surface area contributed by atoms with Gasteiger partial charge in [0, 0.05) is 5.54 Å². The van der Waals surface area contributed by atoms with Crippen LogP contribution in [0.1, 0.15) is 32.3 Å². The maximum atomic E-state index is 13.5. The quantitative estimate of drug-likeness (QED) is 0.836. The molecule has 90 valence electrons. The van der Waals surface area contributed by atoms with Crippen molar-refractivity contribution in [2.45, 2.75) is 38.6 Å². The van der Waals surface area contributed by atoms with Crippen LogP contribution in [0.5, 0.6) is 5.75 Å². The zero-order chi connectivity index (χ0) is 12.2. The van der Waals surface area contributed by atoms with Gasteiger partial charge in [-0.25, -0.2) is 4.39 Å². The van der Waals surface area contributed by atoms with E-state index in [1.165, 1.54) is 13.2 Å². The molecule has 2 nitrogen and oxygen atoms in total. The molecule has 0 atom stereocenters. The van der Waals surface area contributed by atoms with E-state index >= 15 is 0 Å². The summed E-state index contributed by atoms with van der Waals surface area (Å²) in [6.45, 7) is 4.12. The zero-order valence-corrected chi connectivity index (χ0v) is 10.2. The molecular weight excluding hydrogens is 205 g/mol. The molecular formula is C13H20FNO. The molecule has 1 aromatic rings. The Morgan fingerprint density at radius 1 is 1.31 bits per heavy atom. The highest BCUT2D eigenvalue weighted by Crippen LogP contribution is 2.22. The smallest absolute Gasteiger partial charge is 0.165 e. The average molecular weight is 225 g/mol. The molecule has 0 saturated carbocycles. The number of ether oxygens (including phenoxy) is 1. The van der Waals surface area contributed by atoms with E-state index in [1.54, 1.807) is 6.07 Å². The molecule has 3 heteroatoms. The first-order chi connectivity index (χ1) is 7.54. The van der Waals surface area contributed by atoms with E-state index in [0.29, 0.717) is 6.42 Å². The van der Waals surface area contributed by atoms with Gasteiger partial charge in [0.15, 0.2) is 11.6 Å². The molecule has 0 amide bonds. The first-order valence-electron chi connectivity index (χ1n) is 5.66. The molecule has 2 N–H and O–H groups in total. The normalized spacial score (nSPS) is 11.6. The number of benzene rings is 1. The van der Waals surface area contributed by atoms with Crippen LogP contribution >= 0.6 is 0 Å².